The molecule has 0 radical (unpaired) electrons. The zero-order valence-electron chi connectivity index (χ0n) is 10.1. The largest absolute Gasteiger partial charge is 0.373 e. The first-order valence-electron chi connectivity index (χ1n) is 6.26. The summed E-state index contributed by atoms with van der Waals surface area (Å²) in [6, 6.07) is 2.07. The summed E-state index contributed by atoms with van der Waals surface area (Å²) in [7, 11) is 1.93. The molecule has 1 aromatic rings. The Morgan fingerprint density at radius 3 is 2.71 bits per heavy atom. The minimum absolute atomic E-state index is 0.612. The highest BCUT2D eigenvalue weighted by Crippen LogP contribution is 2.39. The van der Waals surface area contributed by atoms with E-state index in [4.69, 9.17) is 4.98 Å². The normalized spacial score (nSPS) is 20.4. The first-order valence-corrected chi connectivity index (χ1v) is 7.42. The summed E-state index contributed by atoms with van der Waals surface area (Å²) in [5.74, 6) is 6.11. The molecule has 1 saturated heterocycles. The van der Waals surface area contributed by atoms with Crippen molar-refractivity contribution in [3.63, 3.8) is 0 Å². The molecule has 1 aromatic heterocycles. The average molecular weight is 250 g/mol. The Kier molecular flexibility index (Phi) is 3.09. The Morgan fingerprint density at radius 1 is 1.29 bits per heavy atom. The maximum Gasteiger partial charge on any atom is 0.136 e. The van der Waals surface area contributed by atoms with Gasteiger partial charge in [-0.15, -0.1) is 0 Å². The molecule has 0 amide bonds. The van der Waals surface area contributed by atoms with Crippen LogP contribution in [0.15, 0.2) is 6.07 Å². The Balaban J connectivity index is 1.88. The summed E-state index contributed by atoms with van der Waals surface area (Å²) in [5, 5.41) is 3.15. The van der Waals surface area contributed by atoms with Gasteiger partial charge in [-0.1, -0.05) is 0 Å². The van der Waals surface area contributed by atoms with Crippen LogP contribution in [0.1, 0.15) is 24.6 Å². The topological polar surface area (TPSA) is 41.0 Å². The van der Waals surface area contributed by atoms with Gasteiger partial charge in [0.15, 0.2) is 0 Å². The van der Waals surface area contributed by atoms with Crippen LogP contribution in [0, 0.1) is 0 Å². The highest BCUT2D eigenvalue weighted by atomic mass is 32.2. The Hall–Kier alpha value is -0.970. The number of anilines is 2. The number of rotatable bonds is 3. The zero-order chi connectivity index (χ0) is 11.7. The summed E-state index contributed by atoms with van der Waals surface area (Å²) in [5.41, 5.74) is 0. The van der Waals surface area contributed by atoms with Gasteiger partial charge in [0, 0.05) is 43.6 Å². The second-order valence-electron chi connectivity index (χ2n) is 4.59. The summed E-state index contributed by atoms with van der Waals surface area (Å²) in [6.07, 6.45) is 2.50. The predicted octanol–water partition coefficient (Wildman–Crippen LogP) is 1.95. The molecule has 0 bridgehead atoms. The molecule has 0 aromatic carbocycles. The Morgan fingerprint density at radius 2 is 2.06 bits per heavy atom. The fraction of sp³-hybridized carbons (Fsp3) is 0.667. The molecule has 0 unspecified atom stereocenters. The number of hydrogen-bond acceptors (Lipinski definition) is 5. The van der Waals surface area contributed by atoms with Gasteiger partial charge in [0.1, 0.15) is 17.5 Å². The molecular weight excluding hydrogens is 232 g/mol. The number of nitrogens with one attached hydrogen (secondary N) is 1. The third kappa shape index (κ3) is 2.49. The van der Waals surface area contributed by atoms with Crippen molar-refractivity contribution in [2.24, 2.45) is 0 Å². The molecule has 1 aliphatic carbocycles. The smallest absolute Gasteiger partial charge is 0.136 e. The van der Waals surface area contributed by atoms with E-state index in [1.54, 1.807) is 0 Å². The molecule has 1 saturated carbocycles. The van der Waals surface area contributed by atoms with Crippen LogP contribution in [-0.4, -0.2) is 41.6 Å². The number of thioether (sulfide) groups is 1. The molecule has 0 atom stereocenters. The van der Waals surface area contributed by atoms with Crippen LogP contribution in [0.2, 0.25) is 0 Å². The minimum atomic E-state index is 0.612. The summed E-state index contributed by atoms with van der Waals surface area (Å²) in [4.78, 5) is 11.7. The molecule has 2 aliphatic rings. The number of hydrogen-bond donors (Lipinski definition) is 1. The van der Waals surface area contributed by atoms with Crippen molar-refractivity contribution >= 4 is 23.4 Å². The maximum absolute atomic E-state index is 4.73. The van der Waals surface area contributed by atoms with Gasteiger partial charge in [0.2, 0.25) is 0 Å². The van der Waals surface area contributed by atoms with Crippen molar-refractivity contribution < 1.29 is 0 Å². The van der Waals surface area contributed by atoms with E-state index in [0.29, 0.717) is 5.92 Å². The fourth-order valence-corrected chi connectivity index (χ4v) is 2.96. The van der Waals surface area contributed by atoms with Gasteiger partial charge >= 0.3 is 0 Å². The van der Waals surface area contributed by atoms with E-state index >= 15 is 0 Å². The zero-order valence-corrected chi connectivity index (χ0v) is 11.0. The lowest BCUT2D eigenvalue weighted by atomic mass is 10.3. The van der Waals surface area contributed by atoms with Crippen molar-refractivity contribution in [1.82, 2.24) is 9.97 Å². The fourth-order valence-electron chi connectivity index (χ4n) is 2.06. The van der Waals surface area contributed by atoms with Crippen molar-refractivity contribution in [2.45, 2.75) is 18.8 Å². The molecule has 3 rings (SSSR count). The third-order valence-corrected chi connectivity index (χ3v) is 4.21. The van der Waals surface area contributed by atoms with Gasteiger partial charge in [0.25, 0.3) is 0 Å². The molecule has 0 spiro atoms. The molecule has 2 fully saturated rings. The summed E-state index contributed by atoms with van der Waals surface area (Å²) < 4.78 is 0. The van der Waals surface area contributed by atoms with Crippen LogP contribution < -0.4 is 10.2 Å². The van der Waals surface area contributed by atoms with E-state index in [1.807, 2.05) is 18.8 Å². The number of aromatic nitrogens is 2. The predicted molar refractivity (Wildman–Crippen MR) is 73.1 cm³/mol. The van der Waals surface area contributed by atoms with Crippen LogP contribution >= 0.6 is 11.8 Å². The Bertz CT molecular complexity index is 399. The van der Waals surface area contributed by atoms with Crippen LogP contribution in [-0.2, 0) is 0 Å². The van der Waals surface area contributed by atoms with E-state index in [2.05, 4.69) is 21.3 Å². The van der Waals surface area contributed by atoms with Crippen LogP contribution in [0.3, 0.4) is 0 Å². The lowest BCUT2D eigenvalue weighted by molar-refractivity contribution is 0.816. The standard InChI is InChI=1S/C12H18N4S/c1-13-10-8-11(16-4-6-17-7-5-16)15-12(14-10)9-2-3-9/h8-9H,2-7H2,1H3,(H,13,14,15). The second kappa shape index (κ2) is 4.72. The first kappa shape index (κ1) is 11.1. The van der Waals surface area contributed by atoms with Crippen LogP contribution in [0.5, 0.6) is 0 Å². The summed E-state index contributed by atoms with van der Waals surface area (Å²) >= 11 is 2.03. The third-order valence-electron chi connectivity index (χ3n) is 3.26. The highest BCUT2D eigenvalue weighted by Gasteiger charge is 2.28. The average Bonchev–Trinajstić information content (AvgIpc) is 3.23. The number of nitrogens with zero attached hydrogens (tertiary/aromatic N) is 3. The lowest BCUT2D eigenvalue weighted by Gasteiger charge is -2.27. The molecular formula is C12H18N4S. The molecule has 1 N–H and O–H groups in total. The van der Waals surface area contributed by atoms with Gasteiger partial charge in [-0.05, 0) is 12.8 Å². The Labute approximate surface area is 106 Å². The quantitative estimate of drug-likeness (QED) is 0.888. The molecule has 4 nitrogen and oxygen atoms in total. The molecule has 92 valence electrons. The molecule has 1 aliphatic heterocycles. The van der Waals surface area contributed by atoms with Crippen LogP contribution in [0.25, 0.3) is 0 Å². The van der Waals surface area contributed by atoms with Gasteiger partial charge in [-0.25, -0.2) is 9.97 Å². The van der Waals surface area contributed by atoms with Crippen LogP contribution in [0.4, 0.5) is 11.6 Å². The van der Waals surface area contributed by atoms with E-state index < -0.39 is 0 Å². The van der Waals surface area contributed by atoms with E-state index in [1.165, 1.54) is 24.3 Å². The first-order chi connectivity index (χ1) is 8.36. The van der Waals surface area contributed by atoms with Crippen molar-refractivity contribution in [1.29, 1.82) is 0 Å². The monoisotopic (exact) mass is 250 g/mol. The minimum Gasteiger partial charge on any atom is -0.373 e. The van der Waals surface area contributed by atoms with E-state index in [0.717, 1.165) is 30.5 Å². The van der Waals surface area contributed by atoms with Crippen molar-refractivity contribution in [3.05, 3.63) is 11.9 Å². The van der Waals surface area contributed by atoms with Gasteiger partial charge in [-0.3, -0.25) is 0 Å². The second-order valence-corrected chi connectivity index (χ2v) is 5.82. The highest BCUT2D eigenvalue weighted by molar-refractivity contribution is 7.99. The van der Waals surface area contributed by atoms with E-state index in [-0.39, 0.29) is 0 Å². The van der Waals surface area contributed by atoms with Crippen molar-refractivity contribution in [2.75, 3.05) is 41.9 Å². The molecule has 2 heterocycles. The van der Waals surface area contributed by atoms with Gasteiger partial charge < -0.3 is 10.2 Å². The van der Waals surface area contributed by atoms with Crippen molar-refractivity contribution in [3.8, 4) is 0 Å². The van der Waals surface area contributed by atoms with E-state index in [9.17, 15) is 0 Å². The molecule has 5 heteroatoms. The lowest BCUT2D eigenvalue weighted by Crippen LogP contribution is -2.33. The summed E-state index contributed by atoms with van der Waals surface area (Å²) in [6.45, 7) is 2.21. The molecule has 17 heavy (non-hydrogen) atoms. The van der Waals surface area contributed by atoms with Gasteiger partial charge in [0.05, 0.1) is 0 Å². The SMILES string of the molecule is CNc1cc(N2CCSCC2)nc(C2CC2)n1. The van der Waals surface area contributed by atoms with Gasteiger partial charge in [-0.2, -0.15) is 11.8 Å². The maximum atomic E-state index is 4.73.